The van der Waals surface area contributed by atoms with Crippen molar-refractivity contribution in [3.8, 4) is 17.6 Å². The SMILES string of the molecule is COCCOc1ccc(C#CC2C(O)C3CCN2CC3)c(CO)c1. The fraction of sp³-hybridized carbons (Fsp3) is 0.579. The van der Waals surface area contributed by atoms with Crippen LogP contribution in [0.2, 0.25) is 0 Å². The van der Waals surface area contributed by atoms with E-state index in [9.17, 15) is 10.2 Å². The van der Waals surface area contributed by atoms with Gasteiger partial charge in [0.25, 0.3) is 0 Å². The topological polar surface area (TPSA) is 62.2 Å². The van der Waals surface area contributed by atoms with E-state index in [4.69, 9.17) is 9.47 Å². The van der Waals surface area contributed by atoms with Gasteiger partial charge in [0, 0.05) is 12.7 Å². The Morgan fingerprint density at radius 3 is 2.71 bits per heavy atom. The van der Waals surface area contributed by atoms with Crippen LogP contribution in [0.15, 0.2) is 18.2 Å². The molecule has 0 radical (unpaired) electrons. The van der Waals surface area contributed by atoms with Crippen molar-refractivity contribution in [2.45, 2.75) is 31.6 Å². The number of fused-ring (bicyclic) bond motifs is 3. The summed E-state index contributed by atoms with van der Waals surface area (Å²) in [6.07, 6.45) is 1.76. The fourth-order valence-corrected chi connectivity index (χ4v) is 3.50. The normalized spacial score (nSPS) is 28.3. The number of nitrogens with zero attached hydrogens (tertiary/aromatic N) is 1. The molecule has 5 nitrogen and oxygen atoms in total. The third-order valence-electron chi connectivity index (χ3n) is 4.93. The average Bonchev–Trinajstić information content (AvgIpc) is 2.62. The quantitative estimate of drug-likeness (QED) is 0.623. The Kier molecular flexibility index (Phi) is 5.75. The van der Waals surface area contributed by atoms with Crippen LogP contribution < -0.4 is 4.74 Å². The summed E-state index contributed by atoms with van der Waals surface area (Å²) in [5, 5.41) is 20.0. The second-order valence-electron chi connectivity index (χ2n) is 6.40. The Labute approximate surface area is 143 Å². The lowest BCUT2D eigenvalue weighted by atomic mass is 9.81. The first-order valence-corrected chi connectivity index (χ1v) is 8.52. The lowest BCUT2D eigenvalue weighted by Crippen LogP contribution is -2.57. The van der Waals surface area contributed by atoms with Crippen LogP contribution in [0, 0.1) is 17.8 Å². The maximum absolute atomic E-state index is 10.4. The van der Waals surface area contributed by atoms with Gasteiger partial charge in [0.05, 0.1) is 25.4 Å². The van der Waals surface area contributed by atoms with E-state index in [1.165, 1.54) is 0 Å². The van der Waals surface area contributed by atoms with Gasteiger partial charge in [-0.15, -0.1) is 0 Å². The molecule has 130 valence electrons. The first kappa shape index (κ1) is 17.2. The molecule has 4 rings (SSSR count). The number of piperidine rings is 3. The zero-order chi connectivity index (χ0) is 16.9. The van der Waals surface area contributed by atoms with E-state index in [1.807, 2.05) is 18.2 Å². The van der Waals surface area contributed by atoms with Crippen LogP contribution >= 0.6 is 0 Å². The Hall–Kier alpha value is -1.58. The molecule has 2 atom stereocenters. The molecule has 5 heteroatoms. The van der Waals surface area contributed by atoms with Gasteiger partial charge in [-0.25, -0.2) is 0 Å². The summed E-state index contributed by atoms with van der Waals surface area (Å²) in [7, 11) is 1.63. The van der Waals surface area contributed by atoms with Gasteiger partial charge in [-0.1, -0.05) is 11.8 Å². The molecule has 3 heterocycles. The third kappa shape index (κ3) is 3.73. The number of hydrogen-bond donors (Lipinski definition) is 2. The molecule has 0 aromatic heterocycles. The lowest BCUT2D eigenvalue weighted by molar-refractivity contribution is -0.0500. The maximum Gasteiger partial charge on any atom is 0.119 e. The van der Waals surface area contributed by atoms with Gasteiger partial charge >= 0.3 is 0 Å². The summed E-state index contributed by atoms with van der Waals surface area (Å²) in [5.41, 5.74) is 1.52. The number of aliphatic hydroxyl groups excluding tert-OH is 2. The van der Waals surface area contributed by atoms with Crippen molar-refractivity contribution >= 4 is 0 Å². The van der Waals surface area contributed by atoms with Crippen LogP contribution in [0.5, 0.6) is 5.75 Å². The first-order valence-electron chi connectivity index (χ1n) is 8.52. The standard InChI is InChI=1S/C19H25NO4/c1-23-10-11-24-17-4-2-14(16(12-17)13-21)3-5-18-19(22)15-6-8-20(18)9-7-15/h2,4,12,15,18-19,21-22H,6-11,13H2,1H3. The van der Waals surface area contributed by atoms with Crippen molar-refractivity contribution in [3.63, 3.8) is 0 Å². The molecule has 1 aromatic carbocycles. The Bertz CT molecular complexity index is 612. The minimum Gasteiger partial charge on any atom is -0.491 e. The largest absolute Gasteiger partial charge is 0.491 e. The number of ether oxygens (including phenoxy) is 2. The second-order valence-corrected chi connectivity index (χ2v) is 6.40. The molecule has 0 aliphatic carbocycles. The minimum atomic E-state index is -0.366. The average molecular weight is 331 g/mol. The van der Waals surface area contributed by atoms with E-state index >= 15 is 0 Å². The molecule has 3 aliphatic rings. The van der Waals surface area contributed by atoms with Gasteiger partial charge in [0.1, 0.15) is 12.4 Å². The van der Waals surface area contributed by atoms with Crippen LogP contribution in [0.25, 0.3) is 0 Å². The molecule has 2 bridgehead atoms. The zero-order valence-corrected chi connectivity index (χ0v) is 14.1. The summed E-state index contributed by atoms with van der Waals surface area (Å²) in [6.45, 7) is 2.93. The Morgan fingerprint density at radius 1 is 1.25 bits per heavy atom. The highest BCUT2D eigenvalue weighted by Crippen LogP contribution is 2.32. The molecule has 24 heavy (non-hydrogen) atoms. The molecule has 0 spiro atoms. The molecule has 0 amide bonds. The van der Waals surface area contributed by atoms with E-state index in [-0.39, 0.29) is 18.8 Å². The lowest BCUT2D eigenvalue weighted by Gasteiger charge is -2.46. The van der Waals surface area contributed by atoms with Gasteiger partial charge in [-0.2, -0.15) is 0 Å². The molecule has 3 saturated heterocycles. The third-order valence-corrected chi connectivity index (χ3v) is 4.93. The number of hydrogen-bond acceptors (Lipinski definition) is 5. The van der Waals surface area contributed by atoms with Crippen LogP contribution in [-0.4, -0.2) is 60.7 Å². The zero-order valence-electron chi connectivity index (χ0n) is 14.1. The summed E-state index contributed by atoms with van der Waals surface area (Å²) >= 11 is 0. The van der Waals surface area contributed by atoms with E-state index in [2.05, 4.69) is 16.7 Å². The van der Waals surface area contributed by atoms with Crippen molar-refractivity contribution < 1.29 is 19.7 Å². The molecule has 3 fully saturated rings. The molecule has 2 N–H and O–H groups in total. The summed E-state index contributed by atoms with van der Waals surface area (Å²) in [5.74, 6) is 7.45. The predicted molar refractivity (Wildman–Crippen MR) is 90.7 cm³/mol. The van der Waals surface area contributed by atoms with Gasteiger partial charge in [0.2, 0.25) is 0 Å². The predicted octanol–water partition coefficient (Wildman–Crippen LogP) is 1.01. The van der Waals surface area contributed by atoms with Gasteiger partial charge < -0.3 is 19.7 Å². The molecule has 1 aromatic rings. The molecular weight excluding hydrogens is 306 g/mol. The Morgan fingerprint density at radius 2 is 2.04 bits per heavy atom. The molecular formula is C19H25NO4. The van der Waals surface area contributed by atoms with Crippen molar-refractivity contribution in [2.75, 3.05) is 33.4 Å². The highest BCUT2D eigenvalue weighted by Gasteiger charge is 2.40. The Balaban J connectivity index is 1.73. The van der Waals surface area contributed by atoms with E-state index in [1.54, 1.807) is 7.11 Å². The van der Waals surface area contributed by atoms with Gasteiger partial charge in [-0.3, -0.25) is 4.90 Å². The highest BCUT2D eigenvalue weighted by atomic mass is 16.5. The van der Waals surface area contributed by atoms with Gasteiger partial charge in [-0.05, 0) is 55.6 Å². The molecule has 0 saturated carbocycles. The van der Waals surface area contributed by atoms with Crippen LogP contribution in [0.4, 0.5) is 0 Å². The van der Waals surface area contributed by atoms with E-state index in [0.29, 0.717) is 24.9 Å². The first-order chi connectivity index (χ1) is 11.7. The van der Waals surface area contributed by atoms with Gasteiger partial charge in [0.15, 0.2) is 0 Å². The monoisotopic (exact) mass is 331 g/mol. The van der Waals surface area contributed by atoms with Crippen molar-refractivity contribution in [3.05, 3.63) is 29.3 Å². The summed E-state index contributed by atoms with van der Waals surface area (Å²) in [4.78, 5) is 2.26. The number of methoxy groups -OCH3 is 1. The molecule has 3 aliphatic heterocycles. The maximum atomic E-state index is 10.4. The van der Waals surface area contributed by atoms with Crippen LogP contribution in [-0.2, 0) is 11.3 Å². The number of aliphatic hydroxyl groups is 2. The van der Waals surface area contributed by atoms with Crippen molar-refractivity contribution in [1.29, 1.82) is 0 Å². The smallest absolute Gasteiger partial charge is 0.119 e. The second kappa shape index (κ2) is 8.00. The summed E-state index contributed by atoms with van der Waals surface area (Å²) in [6, 6.07) is 5.43. The van der Waals surface area contributed by atoms with E-state index < -0.39 is 0 Å². The number of benzene rings is 1. The van der Waals surface area contributed by atoms with Crippen molar-refractivity contribution in [2.24, 2.45) is 5.92 Å². The fourth-order valence-electron chi connectivity index (χ4n) is 3.50. The van der Waals surface area contributed by atoms with Crippen LogP contribution in [0.1, 0.15) is 24.0 Å². The minimum absolute atomic E-state index is 0.0922. The number of rotatable bonds is 5. The van der Waals surface area contributed by atoms with E-state index in [0.717, 1.165) is 37.1 Å². The highest BCUT2D eigenvalue weighted by molar-refractivity contribution is 5.46. The molecule has 2 unspecified atom stereocenters. The summed E-state index contributed by atoms with van der Waals surface area (Å²) < 4.78 is 10.5. The van der Waals surface area contributed by atoms with Crippen molar-refractivity contribution in [1.82, 2.24) is 4.90 Å². The van der Waals surface area contributed by atoms with Crippen LogP contribution in [0.3, 0.4) is 0 Å².